The number of amides is 2. The van der Waals surface area contributed by atoms with Crippen molar-refractivity contribution in [3.8, 4) is 0 Å². The first-order valence-corrected chi connectivity index (χ1v) is 7.91. The van der Waals surface area contributed by atoms with Gasteiger partial charge in [-0.1, -0.05) is 0 Å². The van der Waals surface area contributed by atoms with E-state index in [0.29, 0.717) is 18.1 Å². The summed E-state index contributed by atoms with van der Waals surface area (Å²) in [5.74, 6) is 0.976. The van der Waals surface area contributed by atoms with Crippen LogP contribution >= 0.6 is 11.8 Å². The lowest BCUT2D eigenvalue weighted by Gasteiger charge is -2.32. The molecular weight excluding hydrogens is 290 g/mol. The SMILES string of the molecule is CC(C)n1cnnc1CNC(=O)[C@@H]1CSC(C)(C)C(=O)N1. The third kappa shape index (κ3) is 3.55. The molecule has 1 aromatic heterocycles. The average Bonchev–Trinajstić information content (AvgIpc) is 2.87. The molecule has 1 saturated heterocycles. The lowest BCUT2D eigenvalue weighted by atomic mass is 10.1. The third-order valence-corrected chi connectivity index (χ3v) is 4.81. The standard InChI is InChI=1S/C13H21N5O2S/c1-8(2)18-7-15-17-10(18)5-14-11(19)9-6-21-13(3,4)12(20)16-9/h7-9H,5-6H2,1-4H3,(H,14,19)(H,16,20)/t9-/m0/s1. The Morgan fingerprint density at radius 1 is 1.62 bits per heavy atom. The maximum atomic E-state index is 12.1. The van der Waals surface area contributed by atoms with Crippen LogP contribution < -0.4 is 10.6 Å². The zero-order chi connectivity index (χ0) is 15.6. The zero-order valence-electron chi connectivity index (χ0n) is 12.7. The molecule has 116 valence electrons. The van der Waals surface area contributed by atoms with Crippen molar-refractivity contribution in [1.29, 1.82) is 0 Å². The summed E-state index contributed by atoms with van der Waals surface area (Å²) < 4.78 is 1.42. The number of aromatic nitrogens is 3. The van der Waals surface area contributed by atoms with Crippen LogP contribution in [-0.4, -0.2) is 43.1 Å². The average molecular weight is 311 g/mol. The van der Waals surface area contributed by atoms with E-state index in [1.54, 1.807) is 6.33 Å². The molecule has 1 atom stereocenters. The van der Waals surface area contributed by atoms with Gasteiger partial charge in [0.05, 0.1) is 11.3 Å². The predicted molar refractivity (Wildman–Crippen MR) is 80.7 cm³/mol. The normalized spacial score (nSPS) is 21.2. The largest absolute Gasteiger partial charge is 0.347 e. The Labute approximate surface area is 128 Å². The quantitative estimate of drug-likeness (QED) is 0.844. The molecule has 0 aromatic carbocycles. The highest BCUT2D eigenvalue weighted by Crippen LogP contribution is 2.28. The van der Waals surface area contributed by atoms with Gasteiger partial charge in [-0.05, 0) is 27.7 Å². The zero-order valence-corrected chi connectivity index (χ0v) is 13.5. The van der Waals surface area contributed by atoms with Gasteiger partial charge in [0, 0.05) is 11.8 Å². The molecule has 2 heterocycles. The number of hydrogen-bond donors (Lipinski definition) is 2. The third-order valence-electron chi connectivity index (χ3n) is 3.40. The van der Waals surface area contributed by atoms with E-state index in [4.69, 9.17) is 0 Å². The van der Waals surface area contributed by atoms with Gasteiger partial charge in [-0.3, -0.25) is 9.59 Å². The summed E-state index contributed by atoms with van der Waals surface area (Å²) in [6, 6.07) is -0.261. The van der Waals surface area contributed by atoms with Crippen molar-refractivity contribution in [2.75, 3.05) is 5.75 Å². The van der Waals surface area contributed by atoms with Gasteiger partial charge in [0.2, 0.25) is 11.8 Å². The number of nitrogens with zero attached hydrogens (tertiary/aromatic N) is 3. The lowest BCUT2D eigenvalue weighted by molar-refractivity contribution is -0.129. The molecule has 0 unspecified atom stereocenters. The predicted octanol–water partition coefficient (Wildman–Crippen LogP) is 0.485. The Morgan fingerprint density at radius 2 is 2.33 bits per heavy atom. The van der Waals surface area contributed by atoms with Gasteiger partial charge in [0.15, 0.2) is 5.82 Å². The van der Waals surface area contributed by atoms with Crippen molar-refractivity contribution in [2.24, 2.45) is 0 Å². The number of thioether (sulfide) groups is 1. The Morgan fingerprint density at radius 3 is 2.95 bits per heavy atom. The molecule has 0 aliphatic carbocycles. The first-order valence-electron chi connectivity index (χ1n) is 6.92. The van der Waals surface area contributed by atoms with E-state index in [-0.39, 0.29) is 17.9 Å². The van der Waals surface area contributed by atoms with Crippen molar-refractivity contribution in [1.82, 2.24) is 25.4 Å². The van der Waals surface area contributed by atoms with Crippen molar-refractivity contribution in [2.45, 2.75) is 51.1 Å². The van der Waals surface area contributed by atoms with E-state index >= 15 is 0 Å². The number of carbonyl (C=O) groups excluding carboxylic acids is 2. The molecule has 0 saturated carbocycles. The molecule has 7 nitrogen and oxygen atoms in total. The van der Waals surface area contributed by atoms with Gasteiger partial charge in [-0.25, -0.2) is 0 Å². The molecule has 2 amide bonds. The highest BCUT2D eigenvalue weighted by molar-refractivity contribution is 8.01. The molecule has 1 aromatic rings. The van der Waals surface area contributed by atoms with E-state index in [2.05, 4.69) is 20.8 Å². The minimum Gasteiger partial charge on any atom is -0.347 e. The van der Waals surface area contributed by atoms with E-state index < -0.39 is 10.8 Å². The summed E-state index contributed by atoms with van der Waals surface area (Å²) in [6.07, 6.45) is 1.65. The van der Waals surface area contributed by atoms with E-state index in [1.165, 1.54) is 11.8 Å². The van der Waals surface area contributed by atoms with Crippen LogP contribution in [0.2, 0.25) is 0 Å². The molecular formula is C13H21N5O2S. The Balaban J connectivity index is 1.91. The summed E-state index contributed by atoms with van der Waals surface area (Å²) in [5.41, 5.74) is 0. The van der Waals surface area contributed by atoms with E-state index in [0.717, 1.165) is 0 Å². The number of carbonyl (C=O) groups is 2. The summed E-state index contributed by atoms with van der Waals surface area (Å²) in [7, 11) is 0. The first kappa shape index (κ1) is 15.8. The van der Waals surface area contributed by atoms with Crippen molar-refractivity contribution in [3.05, 3.63) is 12.2 Å². The lowest BCUT2D eigenvalue weighted by Crippen LogP contribution is -2.57. The topological polar surface area (TPSA) is 88.9 Å². The highest BCUT2D eigenvalue weighted by Gasteiger charge is 2.37. The van der Waals surface area contributed by atoms with Crippen LogP contribution in [0.25, 0.3) is 0 Å². The summed E-state index contributed by atoms with van der Waals surface area (Å²) >= 11 is 1.49. The Kier molecular flexibility index (Phi) is 4.55. The summed E-state index contributed by atoms with van der Waals surface area (Å²) in [5, 5.41) is 13.4. The van der Waals surface area contributed by atoms with Crippen molar-refractivity contribution < 1.29 is 9.59 Å². The highest BCUT2D eigenvalue weighted by atomic mass is 32.2. The van der Waals surface area contributed by atoms with Crippen LogP contribution in [0.4, 0.5) is 0 Å². The van der Waals surface area contributed by atoms with Gasteiger partial charge in [0.1, 0.15) is 12.4 Å². The van der Waals surface area contributed by atoms with Crippen LogP contribution in [-0.2, 0) is 16.1 Å². The molecule has 8 heteroatoms. The van der Waals surface area contributed by atoms with Crippen molar-refractivity contribution in [3.63, 3.8) is 0 Å². The monoisotopic (exact) mass is 311 g/mol. The fraction of sp³-hybridized carbons (Fsp3) is 0.692. The molecule has 2 rings (SSSR count). The van der Waals surface area contributed by atoms with Crippen LogP contribution in [0, 0.1) is 0 Å². The molecule has 1 fully saturated rings. The van der Waals surface area contributed by atoms with Crippen LogP contribution in [0.1, 0.15) is 39.6 Å². The second-order valence-electron chi connectivity index (χ2n) is 5.81. The molecule has 1 aliphatic rings. The second kappa shape index (κ2) is 6.05. The van der Waals surface area contributed by atoms with Gasteiger partial charge < -0.3 is 15.2 Å². The fourth-order valence-electron chi connectivity index (χ4n) is 1.99. The fourth-order valence-corrected chi connectivity index (χ4v) is 2.99. The molecule has 21 heavy (non-hydrogen) atoms. The maximum Gasteiger partial charge on any atom is 0.243 e. The van der Waals surface area contributed by atoms with Gasteiger partial charge in [0.25, 0.3) is 0 Å². The first-order chi connectivity index (χ1) is 9.81. The Bertz CT molecular complexity index is 540. The molecule has 0 spiro atoms. The van der Waals surface area contributed by atoms with Crippen molar-refractivity contribution >= 4 is 23.6 Å². The number of nitrogens with one attached hydrogen (secondary N) is 2. The summed E-state index contributed by atoms with van der Waals surface area (Å²) in [6.45, 7) is 8.06. The molecule has 0 radical (unpaired) electrons. The summed E-state index contributed by atoms with van der Waals surface area (Å²) in [4.78, 5) is 24.0. The van der Waals surface area contributed by atoms with E-state index in [1.807, 2.05) is 32.3 Å². The van der Waals surface area contributed by atoms with Gasteiger partial charge in [-0.15, -0.1) is 22.0 Å². The van der Waals surface area contributed by atoms with Gasteiger partial charge >= 0.3 is 0 Å². The molecule has 2 N–H and O–H groups in total. The van der Waals surface area contributed by atoms with Gasteiger partial charge in [-0.2, -0.15) is 0 Å². The van der Waals surface area contributed by atoms with E-state index in [9.17, 15) is 9.59 Å². The number of rotatable bonds is 4. The smallest absolute Gasteiger partial charge is 0.243 e. The van der Waals surface area contributed by atoms with Crippen LogP contribution in [0.3, 0.4) is 0 Å². The van der Waals surface area contributed by atoms with Crippen LogP contribution in [0.15, 0.2) is 6.33 Å². The number of hydrogen-bond acceptors (Lipinski definition) is 5. The maximum absolute atomic E-state index is 12.1. The molecule has 1 aliphatic heterocycles. The minimum atomic E-state index is -0.494. The second-order valence-corrected chi connectivity index (χ2v) is 7.46. The van der Waals surface area contributed by atoms with Crippen LogP contribution in [0.5, 0.6) is 0 Å². The minimum absolute atomic E-state index is 0.107. The Hall–Kier alpha value is -1.57. The molecule has 0 bridgehead atoms.